The number of amides is 1. The molecule has 1 fully saturated rings. The number of carbonyl (C=O) groups excluding carboxylic acids is 2. The Morgan fingerprint density at radius 1 is 1.05 bits per heavy atom. The molecule has 198 valence electrons. The minimum absolute atomic E-state index is 0.113. The van der Waals surface area contributed by atoms with Gasteiger partial charge in [-0.05, 0) is 81.1 Å². The third kappa shape index (κ3) is 5.96. The highest BCUT2D eigenvalue weighted by Crippen LogP contribution is 2.39. The first-order chi connectivity index (χ1) is 17.8. The molecule has 1 amide bonds. The number of ether oxygens (including phenoxy) is 3. The van der Waals surface area contributed by atoms with Gasteiger partial charge in [0.2, 0.25) is 0 Å². The Morgan fingerprint density at radius 3 is 2.57 bits per heavy atom. The van der Waals surface area contributed by atoms with Crippen LogP contribution in [-0.4, -0.2) is 68.0 Å². The molecular formula is C29H37N3O5. The van der Waals surface area contributed by atoms with Crippen LogP contribution >= 0.6 is 0 Å². The molecule has 0 saturated carbocycles. The highest BCUT2D eigenvalue weighted by Gasteiger charge is 2.37. The first-order valence-corrected chi connectivity index (χ1v) is 12.9. The lowest BCUT2D eigenvalue weighted by molar-refractivity contribution is -0.150. The van der Waals surface area contributed by atoms with Crippen LogP contribution in [0.25, 0.3) is 0 Å². The summed E-state index contributed by atoms with van der Waals surface area (Å²) in [4.78, 5) is 28.1. The lowest BCUT2D eigenvalue weighted by Gasteiger charge is -2.32. The van der Waals surface area contributed by atoms with Crippen molar-refractivity contribution in [2.75, 3.05) is 40.5 Å². The van der Waals surface area contributed by atoms with E-state index in [0.717, 1.165) is 36.2 Å². The molecule has 2 aliphatic heterocycles. The van der Waals surface area contributed by atoms with E-state index in [9.17, 15) is 9.59 Å². The molecule has 0 spiro atoms. The average Bonchev–Trinajstić information content (AvgIpc) is 3.36. The van der Waals surface area contributed by atoms with E-state index < -0.39 is 0 Å². The van der Waals surface area contributed by atoms with Gasteiger partial charge in [-0.2, -0.15) is 5.10 Å². The van der Waals surface area contributed by atoms with Crippen LogP contribution in [0.3, 0.4) is 0 Å². The summed E-state index contributed by atoms with van der Waals surface area (Å²) >= 11 is 0. The number of carbonyl (C=O) groups is 2. The molecule has 2 aromatic carbocycles. The molecule has 8 nitrogen and oxygen atoms in total. The Bertz CT molecular complexity index is 1180. The number of hydrogen-bond acceptors (Lipinski definition) is 7. The van der Waals surface area contributed by atoms with Gasteiger partial charge in [-0.1, -0.05) is 12.1 Å². The first-order valence-electron chi connectivity index (χ1n) is 12.9. The molecule has 0 N–H and O–H groups in total. The zero-order valence-corrected chi connectivity index (χ0v) is 22.5. The van der Waals surface area contributed by atoms with Crippen LogP contribution in [0.4, 0.5) is 0 Å². The third-order valence-corrected chi connectivity index (χ3v) is 7.29. The van der Waals surface area contributed by atoms with Gasteiger partial charge in [-0.3, -0.25) is 14.5 Å². The second-order valence-corrected chi connectivity index (χ2v) is 9.74. The van der Waals surface area contributed by atoms with Crippen molar-refractivity contribution < 1.29 is 23.8 Å². The van der Waals surface area contributed by atoms with Crippen LogP contribution in [0.1, 0.15) is 54.5 Å². The van der Waals surface area contributed by atoms with E-state index in [1.165, 1.54) is 11.1 Å². The molecule has 37 heavy (non-hydrogen) atoms. The lowest BCUT2D eigenvalue weighted by atomic mass is 9.95. The van der Waals surface area contributed by atoms with Crippen molar-refractivity contribution in [1.29, 1.82) is 0 Å². The standard InChI is InChI=1S/C29H37N3O5/c1-6-37-29(34)22-8-7-13-31(17-22)18-28(33)32-26(24-15-23(35-4)11-12-27(24)36-5)16-25(30-32)21-10-9-19(2)20(3)14-21/h9-12,14-15,22,26H,6-8,13,16-18H2,1-5H3. The molecule has 4 rings (SSSR count). The van der Waals surface area contributed by atoms with Gasteiger partial charge in [0.05, 0.1) is 45.0 Å². The van der Waals surface area contributed by atoms with E-state index >= 15 is 0 Å². The number of aryl methyl sites for hydroxylation is 2. The molecule has 2 aliphatic rings. The van der Waals surface area contributed by atoms with E-state index in [4.69, 9.17) is 19.3 Å². The second-order valence-electron chi connectivity index (χ2n) is 9.74. The molecule has 2 atom stereocenters. The van der Waals surface area contributed by atoms with Crippen LogP contribution in [0, 0.1) is 19.8 Å². The predicted molar refractivity (Wildman–Crippen MR) is 142 cm³/mol. The topological polar surface area (TPSA) is 80.7 Å². The maximum atomic E-state index is 13.7. The average molecular weight is 508 g/mol. The summed E-state index contributed by atoms with van der Waals surface area (Å²) in [7, 11) is 3.25. The highest BCUT2D eigenvalue weighted by atomic mass is 16.5. The molecule has 1 saturated heterocycles. The van der Waals surface area contributed by atoms with Crippen LogP contribution < -0.4 is 9.47 Å². The molecule has 0 bridgehead atoms. The van der Waals surface area contributed by atoms with E-state index in [1.807, 2.05) is 30.0 Å². The van der Waals surface area contributed by atoms with Crippen LogP contribution in [0.5, 0.6) is 11.5 Å². The number of benzene rings is 2. The SMILES string of the molecule is CCOC(=O)C1CCCN(CC(=O)N2N=C(c3ccc(C)c(C)c3)CC2c2cc(OC)ccc2OC)C1. The Morgan fingerprint density at radius 2 is 1.86 bits per heavy atom. The summed E-state index contributed by atoms with van der Waals surface area (Å²) < 4.78 is 16.4. The molecule has 2 aromatic rings. The summed E-state index contributed by atoms with van der Waals surface area (Å²) in [6, 6.07) is 11.6. The Hall–Kier alpha value is -3.39. The van der Waals surface area contributed by atoms with Gasteiger partial charge < -0.3 is 14.2 Å². The summed E-state index contributed by atoms with van der Waals surface area (Å²) in [5.74, 6) is 0.869. The largest absolute Gasteiger partial charge is 0.497 e. The summed E-state index contributed by atoms with van der Waals surface area (Å²) in [6.45, 7) is 7.79. The smallest absolute Gasteiger partial charge is 0.310 e. The number of methoxy groups -OCH3 is 2. The van der Waals surface area contributed by atoms with Crippen molar-refractivity contribution in [3.63, 3.8) is 0 Å². The van der Waals surface area contributed by atoms with Gasteiger partial charge in [0.15, 0.2) is 0 Å². The number of likely N-dealkylation sites (tertiary alicyclic amines) is 1. The molecule has 2 heterocycles. The van der Waals surface area contributed by atoms with Crippen molar-refractivity contribution >= 4 is 17.6 Å². The van der Waals surface area contributed by atoms with Gasteiger partial charge in [-0.25, -0.2) is 5.01 Å². The lowest BCUT2D eigenvalue weighted by Crippen LogP contribution is -2.44. The molecular weight excluding hydrogens is 470 g/mol. The van der Waals surface area contributed by atoms with E-state index in [1.54, 1.807) is 19.2 Å². The Balaban J connectivity index is 1.63. The fourth-order valence-electron chi connectivity index (χ4n) is 5.09. The number of rotatable bonds is 8. The summed E-state index contributed by atoms with van der Waals surface area (Å²) in [6.07, 6.45) is 2.19. The number of hydrazone groups is 1. The van der Waals surface area contributed by atoms with Gasteiger partial charge in [0, 0.05) is 18.5 Å². The van der Waals surface area contributed by atoms with Crippen molar-refractivity contribution in [3.05, 3.63) is 58.7 Å². The highest BCUT2D eigenvalue weighted by molar-refractivity contribution is 6.03. The normalized spacial score (nSPS) is 19.9. The van der Waals surface area contributed by atoms with E-state index in [-0.39, 0.29) is 30.4 Å². The van der Waals surface area contributed by atoms with Crippen LogP contribution in [-0.2, 0) is 14.3 Å². The van der Waals surface area contributed by atoms with E-state index in [2.05, 4.69) is 32.0 Å². The number of hydrogen-bond donors (Lipinski definition) is 0. The second kappa shape index (κ2) is 11.8. The molecule has 0 aromatic heterocycles. The summed E-state index contributed by atoms with van der Waals surface area (Å²) in [5, 5.41) is 6.45. The third-order valence-electron chi connectivity index (χ3n) is 7.29. The van der Waals surface area contributed by atoms with Gasteiger partial charge in [0.25, 0.3) is 5.91 Å². The monoisotopic (exact) mass is 507 g/mol. The number of esters is 1. The van der Waals surface area contributed by atoms with Crippen molar-refractivity contribution in [3.8, 4) is 11.5 Å². The minimum Gasteiger partial charge on any atom is -0.497 e. The van der Waals surface area contributed by atoms with Gasteiger partial charge in [0.1, 0.15) is 11.5 Å². The van der Waals surface area contributed by atoms with Gasteiger partial charge in [-0.15, -0.1) is 0 Å². The van der Waals surface area contributed by atoms with Crippen molar-refractivity contribution in [2.24, 2.45) is 11.0 Å². The zero-order chi connectivity index (χ0) is 26.5. The van der Waals surface area contributed by atoms with Crippen LogP contribution in [0.2, 0.25) is 0 Å². The number of piperidine rings is 1. The fraction of sp³-hybridized carbons (Fsp3) is 0.483. The number of nitrogens with zero attached hydrogens (tertiary/aromatic N) is 3. The quantitative estimate of drug-likeness (QED) is 0.497. The van der Waals surface area contributed by atoms with E-state index in [0.29, 0.717) is 31.1 Å². The molecule has 0 aliphatic carbocycles. The molecule has 8 heteroatoms. The molecule has 2 unspecified atom stereocenters. The molecule has 0 radical (unpaired) electrons. The Kier molecular flexibility index (Phi) is 8.48. The first kappa shape index (κ1) is 26.7. The van der Waals surface area contributed by atoms with Crippen molar-refractivity contribution in [1.82, 2.24) is 9.91 Å². The zero-order valence-electron chi connectivity index (χ0n) is 22.5. The maximum absolute atomic E-state index is 13.7. The maximum Gasteiger partial charge on any atom is 0.310 e. The predicted octanol–water partition coefficient (Wildman–Crippen LogP) is 4.27. The van der Waals surface area contributed by atoms with Crippen molar-refractivity contribution in [2.45, 2.75) is 46.1 Å². The fourth-order valence-corrected chi connectivity index (χ4v) is 5.09. The minimum atomic E-state index is -0.334. The van der Waals surface area contributed by atoms with Gasteiger partial charge >= 0.3 is 5.97 Å². The Labute approximate surface area is 219 Å². The summed E-state index contributed by atoms with van der Waals surface area (Å²) in [5.41, 5.74) is 5.10. The van der Waals surface area contributed by atoms with Crippen LogP contribution in [0.15, 0.2) is 41.5 Å².